The van der Waals surface area contributed by atoms with Crippen LogP contribution < -0.4 is 10.1 Å². The zero-order valence-electron chi connectivity index (χ0n) is 13.2. The minimum Gasteiger partial charge on any atom is -0.494 e. The van der Waals surface area contributed by atoms with Crippen molar-refractivity contribution in [3.63, 3.8) is 0 Å². The molecule has 0 heterocycles. The first-order valence-corrected chi connectivity index (χ1v) is 8.40. The Morgan fingerprint density at radius 1 is 1.05 bits per heavy atom. The second kappa shape index (κ2) is 6.80. The number of halogens is 2. The number of nitrogens with one attached hydrogen (secondary N) is 1. The lowest BCUT2D eigenvalue weighted by atomic mass is 9.82. The van der Waals surface area contributed by atoms with Crippen molar-refractivity contribution in [3.8, 4) is 5.75 Å². The lowest BCUT2D eigenvalue weighted by Crippen LogP contribution is -2.41. The second-order valence-electron chi connectivity index (χ2n) is 7.07. The van der Waals surface area contributed by atoms with Gasteiger partial charge in [0.15, 0.2) is 0 Å². The van der Waals surface area contributed by atoms with Gasteiger partial charge < -0.3 is 10.1 Å². The molecule has 2 nitrogen and oxygen atoms in total. The van der Waals surface area contributed by atoms with Crippen LogP contribution in [0.25, 0.3) is 0 Å². The summed E-state index contributed by atoms with van der Waals surface area (Å²) in [4.78, 5) is 0. The fraction of sp³-hybridized carbons (Fsp3) is 0.625. The minimum atomic E-state index is 0.108. The van der Waals surface area contributed by atoms with Gasteiger partial charge >= 0.3 is 0 Å². The smallest absolute Gasteiger partial charge is 0.147 e. The highest BCUT2D eigenvalue weighted by Crippen LogP contribution is 2.34. The van der Waals surface area contributed by atoms with Gasteiger partial charge in [-0.15, -0.1) is 0 Å². The number of rotatable bonds is 5. The molecule has 1 rings (SSSR count). The first-order valence-electron chi connectivity index (χ1n) is 6.81. The van der Waals surface area contributed by atoms with Crippen LogP contribution in [0.5, 0.6) is 5.75 Å². The Balaban J connectivity index is 2.75. The molecule has 1 aromatic rings. The largest absolute Gasteiger partial charge is 0.494 e. The van der Waals surface area contributed by atoms with Gasteiger partial charge in [0.1, 0.15) is 5.75 Å². The van der Waals surface area contributed by atoms with Crippen LogP contribution in [0, 0.1) is 5.41 Å². The monoisotopic (exact) mass is 405 g/mol. The second-order valence-corrected chi connectivity index (χ2v) is 8.78. The van der Waals surface area contributed by atoms with Crippen molar-refractivity contribution in [2.24, 2.45) is 5.41 Å². The van der Waals surface area contributed by atoms with Crippen molar-refractivity contribution >= 4 is 31.9 Å². The predicted molar refractivity (Wildman–Crippen MR) is 93.4 cm³/mol. The number of benzene rings is 1. The molecule has 0 aromatic heterocycles. The molecule has 0 fully saturated rings. The van der Waals surface area contributed by atoms with Gasteiger partial charge in [0.05, 0.1) is 16.1 Å². The molecule has 0 saturated heterocycles. The molecule has 114 valence electrons. The van der Waals surface area contributed by atoms with E-state index in [-0.39, 0.29) is 5.54 Å². The first kappa shape index (κ1) is 18.0. The predicted octanol–water partition coefficient (Wildman–Crippen LogP) is 5.52. The summed E-state index contributed by atoms with van der Waals surface area (Å²) in [5.74, 6) is 0.836. The summed E-state index contributed by atoms with van der Waals surface area (Å²) in [5.41, 5.74) is 1.65. The van der Waals surface area contributed by atoms with Crippen molar-refractivity contribution in [2.45, 2.75) is 53.1 Å². The minimum absolute atomic E-state index is 0.108. The quantitative estimate of drug-likeness (QED) is 0.694. The van der Waals surface area contributed by atoms with Gasteiger partial charge in [-0.1, -0.05) is 20.8 Å². The third-order valence-corrected chi connectivity index (χ3v) is 4.18. The number of ether oxygens (including phenoxy) is 1. The van der Waals surface area contributed by atoms with E-state index < -0.39 is 0 Å². The molecule has 0 amide bonds. The van der Waals surface area contributed by atoms with Gasteiger partial charge in [-0.25, -0.2) is 0 Å². The van der Waals surface area contributed by atoms with Crippen LogP contribution in [-0.2, 0) is 6.54 Å². The summed E-state index contributed by atoms with van der Waals surface area (Å²) in [6.07, 6.45) is 1.12. The van der Waals surface area contributed by atoms with Crippen molar-refractivity contribution in [1.29, 1.82) is 0 Å². The lowest BCUT2D eigenvalue weighted by Gasteiger charge is -2.33. The maximum atomic E-state index is 5.33. The number of hydrogen-bond donors (Lipinski definition) is 1. The molecule has 20 heavy (non-hydrogen) atoms. The summed E-state index contributed by atoms with van der Waals surface area (Å²) >= 11 is 7.09. The molecular formula is C16H25Br2NO. The molecule has 0 unspecified atom stereocenters. The Morgan fingerprint density at radius 3 is 1.95 bits per heavy atom. The van der Waals surface area contributed by atoms with E-state index in [1.54, 1.807) is 7.11 Å². The molecule has 0 radical (unpaired) electrons. The molecule has 0 saturated carbocycles. The van der Waals surface area contributed by atoms with E-state index in [9.17, 15) is 0 Å². The molecular weight excluding hydrogens is 382 g/mol. The fourth-order valence-corrected chi connectivity index (χ4v) is 4.24. The molecule has 0 aliphatic rings. The van der Waals surface area contributed by atoms with Gasteiger partial charge in [0.2, 0.25) is 0 Å². The Morgan fingerprint density at radius 2 is 1.55 bits per heavy atom. The normalized spacial score (nSPS) is 12.6. The lowest BCUT2D eigenvalue weighted by molar-refractivity contribution is 0.240. The van der Waals surface area contributed by atoms with Crippen LogP contribution in [-0.4, -0.2) is 12.6 Å². The molecule has 1 N–H and O–H groups in total. The van der Waals surface area contributed by atoms with Crippen LogP contribution in [0.1, 0.15) is 46.6 Å². The molecule has 0 bridgehead atoms. The molecule has 0 atom stereocenters. The standard InChI is InChI=1S/C16H25Br2NO/c1-15(2,3)10-16(4,5)19-9-11-7-12(17)14(20-6)13(18)8-11/h7-8,19H,9-10H2,1-6H3. The van der Waals surface area contributed by atoms with Crippen molar-refractivity contribution in [3.05, 3.63) is 26.6 Å². The van der Waals surface area contributed by atoms with Gasteiger partial charge in [0, 0.05) is 12.1 Å². The van der Waals surface area contributed by atoms with Gasteiger partial charge in [-0.3, -0.25) is 0 Å². The maximum absolute atomic E-state index is 5.33. The average Bonchev–Trinajstić information content (AvgIpc) is 2.23. The zero-order chi connectivity index (χ0) is 15.6. The average molecular weight is 407 g/mol. The van der Waals surface area contributed by atoms with E-state index in [0.717, 1.165) is 27.7 Å². The SMILES string of the molecule is COc1c(Br)cc(CNC(C)(C)CC(C)(C)C)cc1Br. The molecule has 1 aromatic carbocycles. The molecule has 0 aliphatic heterocycles. The van der Waals surface area contributed by atoms with Crippen LogP contribution in [0.15, 0.2) is 21.1 Å². The summed E-state index contributed by atoms with van der Waals surface area (Å²) in [5, 5.41) is 3.64. The van der Waals surface area contributed by atoms with Crippen molar-refractivity contribution in [1.82, 2.24) is 5.32 Å². The van der Waals surface area contributed by atoms with Crippen molar-refractivity contribution in [2.75, 3.05) is 7.11 Å². The molecule has 4 heteroatoms. The Labute approximate surface area is 139 Å². The maximum Gasteiger partial charge on any atom is 0.147 e. The summed E-state index contributed by atoms with van der Waals surface area (Å²) in [6, 6.07) is 4.20. The first-order chi connectivity index (χ1) is 9.04. The third kappa shape index (κ3) is 5.74. The highest BCUT2D eigenvalue weighted by molar-refractivity contribution is 9.11. The summed E-state index contributed by atoms with van der Waals surface area (Å²) < 4.78 is 7.27. The van der Waals surface area contributed by atoms with E-state index in [2.05, 4.69) is 83.9 Å². The van der Waals surface area contributed by atoms with Gasteiger partial charge in [-0.05, 0) is 75.2 Å². The Bertz CT molecular complexity index is 441. The van der Waals surface area contributed by atoms with Crippen LogP contribution in [0.4, 0.5) is 0 Å². The van der Waals surface area contributed by atoms with E-state index in [4.69, 9.17) is 4.74 Å². The zero-order valence-corrected chi connectivity index (χ0v) is 16.4. The fourth-order valence-electron chi connectivity index (χ4n) is 2.64. The third-order valence-electron chi connectivity index (χ3n) is 3.01. The van der Waals surface area contributed by atoms with Gasteiger partial charge in [-0.2, -0.15) is 0 Å². The van der Waals surface area contributed by atoms with E-state index in [0.29, 0.717) is 5.41 Å². The van der Waals surface area contributed by atoms with Crippen LogP contribution >= 0.6 is 31.9 Å². The van der Waals surface area contributed by atoms with E-state index in [1.807, 2.05) is 0 Å². The molecule has 0 spiro atoms. The highest BCUT2D eigenvalue weighted by atomic mass is 79.9. The number of hydrogen-bond acceptors (Lipinski definition) is 2. The van der Waals surface area contributed by atoms with Crippen LogP contribution in [0.2, 0.25) is 0 Å². The van der Waals surface area contributed by atoms with Gasteiger partial charge in [0.25, 0.3) is 0 Å². The Hall–Kier alpha value is -0.0600. The summed E-state index contributed by atoms with van der Waals surface area (Å²) in [7, 11) is 1.68. The van der Waals surface area contributed by atoms with E-state index in [1.165, 1.54) is 5.56 Å². The van der Waals surface area contributed by atoms with E-state index >= 15 is 0 Å². The topological polar surface area (TPSA) is 21.3 Å². The Kier molecular flexibility index (Phi) is 6.12. The highest BCUT2D eigenvalue weighted by Gasteiger charge is 2.24. The summed E-state index contributed by atoms with van der Waals surface area (Å²) in [6.45, 7) is 12.2. The molecule has 0 aliphatic carbocycles. The van der Waals surface area contributed by atoms with Crippen LogP contribution in [0.3, 0.4) is 0 Å². The number of methoxy groups -OCH3 is 1. The van der Waals surface area contributed by atoms with Crippen molar-refractivity contribution < 1.29 is 4.74 Å².